The van der Waals surface area contributed by atoms with Gasteiger partial charge in [0.15, 0.2) is 0 Å². The number of aryl methyl sites for hydroxylation is 2. The number of carbonyl (C=O) groups excluding carboxylic acids is 1. The van der Waals surface area contributed by atoms with Gasteiger partial charge in [-0.25, -0.2) is 4.79 Å². The van der Waals surface area contributed by atoms with E-state index in [1.807, 2.05) is 0 Å². The van der Waals surface area contributed by atoms with Crippen molar-refractivity contribution < 1.29 is 4.79 Å². The molecule has 1 fully saturated rings. The van der Waals surface area contributed by atoms with Crippen LogP contribution in [0.1, 0.15) is 24.0 Å². The second kappa shape index (κ2) is 5.01. The molecule has 1 aliphatic carbocycles. The summed E-state index contributed by atoms with van der Waals surface area (Å²) in [7, 11) is 0. The Morgan fingerprint density at radius 3 is 1.94 bits per heavy atom. The van der Waals surface area contributed by atoms with E-state index in [4.69, 9.17) is 5.73 Å². The Balaban J connectivity index is 0.000000125. The second-order valence-electron chi connectivity index (χ2n) is 4.30. The van der Waals surface area contributed by atoms with Crippen LogP contribution >= 0.6 is 0 Å². The first-order valence-electron chi connectivity index (χ1n) is 5.88. The molecule has 2 N–H and O–H groups in total. The quantitative estimate of drug-likeness (QED) is 0.710. The van der Waals surface area contributed by atoms with Crippen LogP contribution in [-0.2, 0) is 12.8 Å². The summed E-state index contributed by atoms with van der Waals surface area (Å²) in [6, 6.07) is 8.45. The van der Waals surface area contributed by atoms with Gasteiger partial charge in [0.05, 0.1) is 0 Å². The van der Waals surface area contributed by atoms with Gasteiger partial charge >= 0.3 is 6.03 Å². The minimum absolute atomic E-state index is 0.286. The van der Waals surface area contributed by atoms with E-state index in [-0.39, 0.29) is 6.03 Å². The third-order valence-corrected chi connectivity index (χ3v) is 3.18. The average Bonchev–Trinajstić information content (AvgIpc) is 2.62. The normalized spacial score (nSPS) is 16.9. The van der Waals surface area contributed by atoms with Crippen molar-refractivity contribution in [2.45, 2.75) is 25.7 Å². The Labute approximate surface area is 96.2 Å². The summed E-state index contributed by atoms with van der Waals surface area (Å²) in [4.78, 5) is 11.7. The molecule has 1 aliphatic heterocycles. The summed E-state index contributed by atoms with van der Waals surface area (Å²) < 4.78 is 0. The van der Waals surface area contributed by atoms with Gasteiger partial charge in [-0.15, -0.1) is 0 Å². The van der Waals surface area contributed by atoms with Crippen molar-refractivity contribution in [1.82, 2.24) is 4.90 Å². The molecule has 3 nitrogen and oxygen atoms in total. The summed E-state index contributed by atoms with van der Waals surface area (Å²) in [5.74, 6) is 0. The first kappa shape index (κ1) is 11.0. The van der Waals surface area contributed by atoms with Crippen LogP contribution in [0, 0.1) is 0 Å². The van der Waals surface area contributed by atoms with Crippen molar-refractivity contribution in [3.8, 4) is 0 Å². The zero-order chi connectivity index (χ0) is 11.4. The van der Waals surface area contributed by atoms with E-state index in [2.05, 4.69) is 24.3 Å². The van der Waals surface area contributed by atoms with Gasteiger partial charge in [-0.2, -0.15) is 0 Å². The highest BCUT2D eigenvalue weighted by atomic mass is 16.2. The molecule has 0 saturated carbocycles. The number of hydrogen-bond donors (Lipinski definition) is 1. The third-order valence-electron chi connectivity index (χ3n) is 3.18. The van der Waals surface area contributed by atoms with Gasteiger partial charge in [0.25, 0.3) is 0 Å². The van der Waals surface area contributed by atoms with Gasteiger partial charge in [0.1, 0.15) is 0 Å². The van der Waals surface area contributed by atoms with E-state index < -0.39 is 0 Å². The number of primary amides is 1. The van der Waals surface area contributed by atoms with Crippen LogP contribution in [-0.4, -0.2) is 24.0 Å². The molecule has 2 amide bonds. The number of fused-ring (bicyclic) bond motifs is 1. The molecule has 1 saturated heterocycles. The first-order valence-corrected chi connectivity index (χ1v) is 5.88. The van der Waals surface area contributed by atoms with Crippen LogP contribution in [0.4, 0.5) is 4.79 Å². The maximum absolute atomic E-state index is 10.1. The Kier molecular flexibility index (Phi) is 3.44. The lowest BCUT2D eigenvalue weighted by Crippen LogP contribution is -2.45. The highest BCUT2D eigenvalue weighted by Gasteiger charge is 2.15. The summed E-state index contributed by atoms with van der Waals surface area (Å²) in [6.07, 6.45) is 5.08. The highest BCUT2D eigenvalue weighted by Crippen LogP contribution is 2.20. The molecular formula is C13H18N2O. The zero-order valence-corrected chi connectivity index (χ0v) is 9.48. The molecule has 1 aromatic rings. The number of nitrogens with two attached hydrogens (primary N) is 1. The molecule has 0 unspecified atom stereocenters. The Morgan fingerprint density at radius 2 is 1.62 bits per heavy atom. The predicted molar refractivity (Wildman–Crippen MR) is 64.2 cm³/mol. The summed E-state index contributed by atoms with van der Waals surface area (Å²) >= 11 is 0. The van der Waals surface area contributed by atoms with E-state index >= 15 is 0 Å². The van der Waals surface area contributed by atoms with Crippen LogP contribution < -0.4 is 5.73 Å². The topological polar surface area (TPSA) is 46.3 Å². The number of urea groups is 1. The number of nitrogens with zero attached hydrogens (tertiary/aromatic N) is 1. The molecular weight excluding hydrogens is 200 g/mol. The fourth-order valence-corrected chi connectivity index (χ4v) is 2.05. The number of hydrogen-bond acceptors (Lipinski definition) is 1. The van der Waals surface area contributed by atoms with E-state index in [0.717, 1.165) is 19.5 Å². The zero-order valence-electron chi connectivity index (χ0n) is 9.48. The number of carbonyl (C=O) groups is 1. The summed E-state index contributed by atoms with van der Waals surface area (Å²) in [6.45, 7) is 1.71. The Morgan fingerprint density at radius 1 is 1.06 bits per heavy atom. The lowest BCUT2D eigenvalue weighted by Gasteiger charge is -2.28. The second-order valence-corrected chi connectivity index (χ2v) is 4.30. The van der Waals surface area contributed by atoms with E-state index in [0.29, 0.717) is 0 Å². The molecule has 0 radical (unpaired) electrons. The molecule has 1 heterocycles. The van der Waals surface area contributed by atoms with E-state index in [9.17, 15) is 4.79 Å². The molecule has 2 aliphatic rings. The number of amides is 2. The average molecular weight is 218 g/mol. The number of rotatable bonds is 0. The van der Waals surface area contributed by atoms with Gasteiger partial charge in [0.2, 0.25) is 0 Å². The molecule has 0 atom stereocenters. The molecule has 0 spiro atoms. The molecule has 16 heavy (non-hydrogen) atoms. The van der Waals surface area contributed by atoms with Gasteiger partial charge in [0, 0.05) is 13.1 Å². The van der Waals surface area contributed by atoms with Crippen molar-refractivity contribution in [2.24, 2.45) is 5.73 Å². The van der Waals surface area contributed by atoms with Gasteiger partial charge < -0.3 is 10.6 Å². The fraction of sp³-hybridized carbons (Fsp3) is 0.462. The van der Waals surface area contributed by atoms with Crippen molar-refractivity contribution in [2.75, 3.05) is 13.1 Å². The standard InChI is InChI=1S/C9H10.C4H8N2O/c1-2-5-9-7-3-6-8(9)4-1;5-4(7)6-2-1-3-6/h1-2,4-5H,3,6-7H2;1-3H2,(H2,5,7). The van der Waals surface area contributed by atoms with E-state index in [1.165, 1.54) is 19.3 Å². The first-order chi connectivity index (χ1) is 7.77. The Hall–Kier alpha value is -1.51. The van der Waals surface area contributed by atoms with Crippen LogP contribution in [0.3, 0.4) is 0 Å². The maximum atomic E-state index is 10.1. The minimum atomic E-state index is -0.286. The monoisotopic (exact) mass is 218 g/mol. The number of likely N-dealkylation sites (tertiary alicyclic amines) is 1. The van der Waals surface area contributed by atoms with Crippen LogP contribution in [0.2, 0.25) is 0 Å². The summed E-state index contributed by atoms with van der Waals surface area (Å²) in [5.41, 5.74) is 8.02. The van der Waals surface area contributed by atoms with Crippen molar-refractivity contribution in [3.63, 3.8) is 0 Å². The maximum Gasteiger partial charge on any atom is 0.314 e. The largest absolute Gasteiger partial charge is 0.351 e. The van der Waals surface area contributed by atoms with E-state index in [1.54, 1.807) is 16.0 Å². The Bertz CT molecular complexity index is 349. The molecule has 1 aromatic carbocycles. The molecule has 86 valence electrons. The lowest BCUT2D eigenvalue weighted by molar-refractivity contribution is 0.177. The molecule has 3 rings (SSSR count). The lowest BCUT2D eigenvalue weighted by atomic mass is 10.1. The van der Waals surface area contributed by atoms with Crippen LogP contribution in [0.15, 0.2) is 24.3 Å². The SMILES string of the molecule is NC(=O)N1CCC1.c1ccc2c(c1)CCC2. The number of benzene rings is 1. The van der Waals surface area contributed by atoms with Gasteiger partial charge in [-0.3, -0.25) is 0 Å². The molecule has 0 aromatic heterocycles. The summed E-state index contributed by atoms with van der Waals surface area (Å²) in [5, 5.41) is 0. The van der Waals surface area contributed by atoms with Gasteiger partial charge in [-0.1, -0.05) is 24.3 Å². The van der Waals surface area contributed by atoms with Crippen LogP contribution in [0.5, 0.6) is 0 Å². The predicted octanol–water partition coefficient (Wildman–Crippen LogP) is 1.95. The molecule has 0 bridgehead atoms. The smallest absolute Gasteiger partial charge is 0.314 e. The van der Waals surface area contributed by atoms with Crippen LogP contribution in [0.25, 0.3) is 0 Å². The molecule has 3 heteroatoms. The fourth-order valence-electron chi connectivity index (χ4n) is 2.05. The van der Waals surface area contributed by atoms with Crippen molar-refractivity contribution in [3.05, 3.63) is 35.4 Å². The third kappa shape index (κ3) is 2.54. The minimum Gasteiger partial charge on any atom is -0.351 e. The van der Waals surface area contributed by atoms with Crippen molar-refractivity contribution >= 4 is 6.03 Å². The van der Waals surface area contributed by atoms with Gasteiger partial charge in [-0.05, 0) is 36.8 Å². The van der Waals surface area contributed by atoms with Crippen molar-refractivity contribution in [1.29, 1.82) is 0 Å². The highest BCUT2D eigenvalue weighted by molar-refractivity contribution is 5.72.